The Kier molecular flexibility index (Phi) is 9.00. The Balaban J connectivity index is 1.89. The number of rotatable bonds is 9. The number of hydrogen-bond acceptors (Lipinski definition) is 5. The van der Waals surface area contributed by atoms with Gasteiger partial charge >= 0.3 is 0 Å². The molecule has 0 unspecified atom stereocenters. The first-order chi connectivity index (χ1) is 15.6. The lowest BCUT2D eigenvalue weighted by Crippen LogP contribution is -2.36. The number of ether oxygens (including phenoxy) is 3. The summed E-state index contributed by atoms with van der Waals surface area (Å²) in [7, 11) is 0. The molecular weight excluding hydrogens is 422 g/mol. The number of aryl methyl sites for hydroxylation is 2. The number of para-hydroxylation sites is 1. The molecule has 2 N–H and O–H groups in total. The fraction of sp³-hybridized carbons (Fsp3) is 0.480. The van der Waals surface area contributed by atoms with Gasteiger partial charge in [-0.15, -0.1) is 0 Å². The van der Waals surface area contributed by atoms with Gasteiger partial charge in [-0.25, -0.2) is 0 Å². The maximum atomic E-state index is 6.00. The maximum absolute atomic E-state index is 6.00. The Morgan fingerprint density at radius 2 is 1.56 bits per heavy atom. The third-order valence-corrected chi connectivity index (χ3v) is 5.70. The molecule has 1 saturated heterocycles. The third-order valence-electron chi connectivity index (χ3n) is 5.50. The smallest absolute Gasteiger partial charge is 0.175 e. The highest BCUT2D eigenvalue weighted by Crippen LogP contribution is 2.39. The minimum absolute atomic E-state index is 0.531. The first-order valence-electron chi connectivity index (χ1n) is 11.6. The maximum Gasteiger partial charge on any atom is 0.175 e. The molecule has 0 aliphatic carbocycles. The van der Waals surface area contributed by atoms with Crippen LogP contribution < -0.4 is 25.0 Å². The molecule has 0 amide bonds. The van der Waals surface area contributed by atoms with Gasteiger partial charge in [-0.1, -0.05) is 32.0 Å². The summed E-state index contributed by atoms with van der Waals surface area (Å²) in [6.07, 6.45) is 1.87. The summed E-state index contributed by atoms with van der Waals surface area (Å²) in [5, 5.41) is 7.30. The molecule has 0 spiro atoms. The minimum atomic E-state index is 0.531. The summed E-state index contributed by atoms with van der Waals surface area (Å²) in [5.74, 6) is 1.56. The van der Waals surface area contributed by atoms with Crippen molar-refractivity contribution in [3.8, 4) is 11.5 Å². The van der Waals surface area contributed by atoms with Gasteiger partial charge in [0.2, 0.25) is 0 Å². The van der Waals surface area contributed by atoms with Crippen LogP contribution in [0.1, 0.15) is 38.8 Å². The van der Waals surface area contributed by atoms with E-state index in [1.807, 2.05) is 26.0 Å². The van der Waals surface area contributed by atoms with Gasteiger partial charge in [-0.2, -0.15) is 0 Å². The van der Waals surface area contributed by atoms with Gasteiger partial charge in [0.25, 0.3) is 0 Å². The number of nitrogens with zero attached hydrogens (tertiary/aromatic N) is 1. The predicted molar refractivity (Wildman–Crippen MR) is 137 cm³/mol. The van der Waals surface area contributed by atoms with Crippen molar-refractivity contribution in [2.24, 2.45) is 0 Å². The van der Waals surface area contributed by atoms with E-state index in [-0.39, 0.29) is 0 Å². The van der Waals surface area contributed by atoms with Gasteiger partial charge in [0.1, 0.15) is 11.5 Å². The molecule has 0 saturated carbocycles. The van der Waals surface area contributed by atoms with Crippen LogP contribution in [0, 0.1) is 0 Å². The van der Waals surface area contributed by atoms with Crippen molar-refractivity contribution in [2.75, 3.05) is 55.1 Å². The molecule has 2 aromatic carbocycles. The molecule has 0 radical (unpaired) electrons. The number of morpholine rings is 1. The molecule has 2 aromatic rings. The zero-order chi connectivity index (χ0) is 22.9. The molecule has 32 heavy (non-hydrogen) atoms. The summed E-state index contributed by atoms with van der Waals surface area (Å²) in [6.45, 7) is 12.5. The number of hydrogen-bond donors (Lipinski definition) is 2. The monoisotopic (exact) mass is 457 g/mol. The Morgan fingerprint density at radius 1 is 0.938 bits per heavy atom. The van der Waals surface area contributed by atoms with Crippen molar-refractivity contribution < 1.29 is 14.2 Å². The highest BCUT2D eigenvalue weighted by Gasteiger charge is 2.20. The topological polar surface area (TPSA) is 55.0 Å². The van der Waals surface area contributed by atoms with Crippen LogP contribution in [0.4, 0.5) is 17.1 Å². The molecule has 3 rings (SSSR count). The highest BCUT2D eigenvalue weighted by atomic mass is 32.1. The second-order valence-electron chi connectivity index (χ2n) is 7.52. The lowest BCUT2D eigenvalue weighted by molar-refractivity contribution is 0.122. The van der Waals surface area contributed by atoms with Crippen molar-refractivity contribution in [1.82, 2.24) is 0 Å². The molecule has 1 aliphatic rings. The van der Waals surface area contributed by atoms with E-state index in [0.717, 1.165) is 54.5 Å². The molecule has 1 aliphatic heterocycles. The van der Waals surface area contributed by atoms with E-state index >= 15 is 0 Å². The van der Waals surface area contributed by atoms with Crippen molar-refractivity contribution in [3.05, 3.63) is 41.5 Å². The van der Waals surface area contributed by atoms with Crippen LogP contribution >= 0.6 is 12.2 Å². The van der Waals surface area contributed by atoms with Crippen LogP contribution in [0.2, 0.25) is 0 Å². The summed E-state index contributed by atoms with van der Waals surface area (Å²) < 4.78 is 17.5. The predicted octanol–water partition coefficient (Wildman–Crippen LogP) is 5.25. The average Bonchev–Trinajstić information content (AvgIpc) is 2.81. The summed E-state index contributed by atoms with van der Waals surface area (Å²) in [5.41, 5.74) is 5.39. The number of nitrogens with one attached hydrogen (secondary N) is 2. The van der Waals surface area contributed by atoms with E-state index in [4.69, 9.17) is 26.4 Å². The third kappa shape index (κ3) is 5.84. The fourth-order valence-corrected chi connectivity index (χ4v) is 4.13. The zero-order valence-electron chi connectivity index (χ0n) is 19.6. The molecule has 0 atom stereocenters. The molecule has 0 bridgehead atoms. The van der Waals surface area contributed by atoms with Crippen LogP contribution in [-0.2, 0) is 17.6 Å². The van der Waals surface area contributed by atoms with Crippen molar-refractivity contribution in [1.29, 1.82) is 0 Å². The molecule has 7 heteroatoms. The van der Waals surface area contributed by atoms with E-state index in [9.17, 15) is 0 Å². The Bertz CT molecular complexity index is 891. The van der Waals surface area contributed by atoms with Crippen LogP contribution in [0.5, 0.6) is 11.5 Å². The standard InChI is InChI=1S/C25H35N3O3S/c1-5-18-10-9-11-19(6-2)24(18)27-25(32)26-20-16-23(31-8-4)21(17-22(20)30-7-3)28-12-14-29-15-13-28/h9-11,16-17H,5-8,12-15H2,1-4H3,(H2,26,27,32). The van der Waals surface area contributed by atoms with Crippen LogP contribution in [0.3, 0.4) is 0 Å². The largest absolute Gasteiger partial charge is 0.492 e. The quantitative estimate of drug-likeness (QED) is 0.499. The van der Waals surface area contributed by atoms with Crippen LogP contribution in [0.15, 0.2) is 30.3 Å². The van der Waals surface area contributed by atoms with Gasteiger partial charge in [-0.05, 0) is 50.0 Å². The molecule has 0 aromatic heterocycles. The SMILES string of the molecule is CCOc1cc(N2CCOCC2)c(OCC)cc1NC(=S)Nc1c(CC)cccc1CC. The van der Waals surface area contributed by atoms with E-state index < -0.39 is 0 Å². The number of thiocarbonyl (C=S) groups is 1. The number of benzene rings is 2. The summed E-state index contributed by atoms with van der Waals surface area (Å²) >= 11 is 5.70. The fourth-order valence-electron chi connectivity index (χ4n) is 3.91. The van der Waals surface area contributed by atoms with E-state index in [0.29, 0.717) is 31.5 Å². The van der Waals surface area contributed by atoms with Gasteiger partial charge in [-0.3, -0.25) is 0 Å². The van der Waals surface area contributed by atoms with Gasteiger partial charge in [0.15, 0.2) is 5.11 Å². The van der Waals surface area contributed by atoms with Gasteiger partial charge in [0, 0.05) is 30.9 Å². The second-order valence-corrected chi connectivity index (χ2v) is 7.93. The van der Waals surface area contributed by atoms with E-state index in [1.165, 1.54) is 11.1 Å². The second kappa shape index (κ2) is 11.9. The van der Waals surface area contributed by atoms with Crippen molar-refractivity contribution in [3.63, 3.8) is 0 Å². The summed E-state index contributed by atoms with van der Waals surface area (Å²) in [6, 6.07) is 10.4. The van der Waals surface area contributed by atoms with Crippen molar-refractivity contribution >= 4 is 34.4 Å². The zero-order valence-corrected chi connectivity index (χ0v) is 20.4. The van der Waals surface area contributed by atoms with E-state index in [1.54, 1.807) is 0 Å². The average molecular weight is 458 g/mol. The molecule has 6 nitrogen and oxygen atoms in total. The van der Waals surface area contributed by atoms with E-state index in [2.05, 4.69) is 47.6 Å². The normalized spacial score (nSPS) is 13.6. The Hall–Kier alpha value is -2.51. The van der Waals surface area contributed by atoms with Gasteiger partial charge < -0.3 is 29.7 Å². The van der Waals surface area contributed by atoms with Crippen LogP contribution in [-0.4, -0.2) is 44.6 Å². The first kappa shape index (κ1) is 24.1. The summed E-state index contributed by atoms with van der Waals surface area (Å²) in [4.78, 5) is 2.28. The molecular formula is C25H35N3O3S. The highest BCUT2D eigenvalue weighted by molar-refractivity contribution is 7.80. The van der Waals surface area contributed by atoms with Gasteiger partial charge in [0.05, 0.1) is 37.8 Å². The minimum Gasteiger partial charge on any atom is -0.492 e. The van der Waals surface area contributed by atoms with Crippen LogP contribution in [0.25, 0.3) is 0 Å². The molecule has 1 heterocycles. The molecule has 174 valence electrons. The lowest BCUT2D eigenvalue weighted by atomic mass is 10.0. The molecule has 1 fully saturated rings. The van der Waals surface area contributed by atoms with Crippen molar-refractivity contribution in [2.45, 2.75) is 40.5 Å². The lowest BCUT2D eigenvalue weighted by Gasteiger charge is -2.31. The Labute approximate surface area is 197 Å². The first-order valence-corrected chi connectivity index (χ1v) is 12.0. The Morgan fingerprint density at radius 3 is 2.16 bits per heavy atom. The number of anilines is 3.